The van der Waals surface area contributed by atoms with Gasteiger partial charge in [-0.15, -0.1) is 0 Å². The van der Waals surface area contributed by atoms with E-state index in [0.717, 1.165) is 5.56 Å². The molecular weight excluding hydrogens is 258 g/mol. The molecule has 1 atom stereocenters. The van der Waals surface area contributed by atoms with Gasteiger partial charge in [-0.2, -0.15) is 0 Å². The van der Waals surface area contributed by atoms with Crippen LogP contribution in [0.25, 0.3) is 0 Å². The second-order valence-electron chi connectivity index (χ2n) is 4.99. The van der Waals surface area contributed by atoms with Crippen LogP contribution in [0, 0.1) is 5.41 Å². The molecule has 0 aromatic heterocycles. The predicted octanol–water partition coefficient (Wildman–Crippen LogP) is 2.06. The third kappa shape index (κ3) is 3.81. The van der Waals surface area contributed by atoms with Gasteiger partial charge in [-0.25, -0.2) is 0 Å². The summed E-state index contributed by atoms with van der Waals surface area (Å²) in [6.45, 7) is 3.85. The minimum absolute atomic E-state index is 0.0962. The molecule has 1 aromatic carbocycles. The monoisotopic (exact) mass is 279 g/mol. The maximum Gasteiger partial charge on any atom is 0.311 e. The van der Waals surface area contributed by atoms with E-state index in [4.69, 9.17) is 4.74 Å². The van der Waals surface area contributed by atoms with E-state index in [1.165, 1.54) is 0 Å². The second-order valence-corrected chi connectivity index (χ2v) is 4.99. The number of carbonyl (C=O) groups excluding carboxylic acids is 1. The molecule has 5 nitrogen and oxygen atoms in total. The molecule has 0 bridgehead atoms. The van der Waals surface area contributed by atoms with Gasteiger partial charge >= 0.3 is 5.97 Å². The number of methoxy groups -OCH3 is 1. The number of hydrogen-bond donors (Lipinski definition) is 2. The van der Waals surface area contributed by atoms with Crippen LogP contribution in [0.4, 0.5) is 0 Å². The van der Waals surface area contributed by atoms with Crippen molar-refractivity contribution in [1.29, 1.82) is 0 Å². The van der Waals surface area contributed by atoms with Crippen molar-refractivity contribution in [1.82, 2.24) is 5.32 Å². The summed E-state index contributed by atoms with van der Waals surface area (Å²) in [5.74, 6) is -1.19. The van der Waals surface area contributed by atoms with Crippen LogP contribution in [-0.4, -0.2) is 30.6 Å². The van der Waals surface area contributed by atoms with Crippen molar-refractivity contribution < 1.29 is 19.4 Å². The van der Waals surface area contributed by atoms with Gasteiger partial charge in [-0.3, -0.25) is 9.59 Å². The van der Waals surface area contributed by atoms with Crippen molar-refractivity contribution >= 4 is 11.9 Å². The molecule has 0 heterocycles. The summed E-state index contributed by atoms with van der Waals surface area (Å²) in [6, 6.07) is 7.12. The number of nitrogens with one attached hydrogen (secondary N) is 1. The molecule has 2 N–H and O–H groups in total. The van der Waals surface area contributed by atoms with Crippen LogP contribution in [0.15, 0.2) is 24.3 Å². The van der Waals surface area contributed by atoms with Crippen LogP contribution >= 0.6 is 0 Å². The van der Waals surface area contributed by atoms with E-state index in [1.54, 1.807) is 33.1 Å². The lowest BCUT2D eigenvalue weighted by molar-refractivity contribution is -0.147. The highest BCUT2D eigenvalue weighted by atomic mass is 16.5. The summed E-state index contributed by atoms with van der Waals surface area (Å²) >= 11 is 0. The van der Waals surface area contributed by atoms with Crippen LogP contribution in [0.2, 0.25) is 0 Å². The number of rotatable bonds is 7. The zero-order chi connectivity index (χ0) is 15.2. The second kappa shape index (κ2) is 7.05. The number of aliphatic carboxylic acids is 1. The molecule has 0 aliphatic rings. The lowest BCUT2D eigenvalue weighted by Gasteiger charge is -2.23. The Balaban J connectivity index is 2.79. The van der Waals surface area contributed by atoms with E-state index < -0.39 is 11.4 Å². The first kappa shape index (κ1) is 16.2. The Hall–Kier alpha value is -1.88. The Kier molecular flexibility index (Phi) is 5.70. The van der Waals surface area contributed by atoms with Crippen LogP contribution < -0.4 is 5.32 Å². The topological polar surface area (TPSA) is 75.6 Å². The van der Waals surface area contributed by atoms with Crippen molar-refractivity contribution in [3.05, 3.63) is 35.4 Å². The average Bonchev–Trinajstić information content (AvgIpc) is 2.45. The fraction of sp³-hybridized carbons (Fsp3) is 0.467. The molecule has 1 rings (SSSR count). The maximum absolute atomic E-state index is 12.2. The molecule has 1 unspecified atom stereocenters. The Morgan fingerprint density at radius 2 is 2.00 bits per heavy atom. The van der Waals surface area contributed by atoms with Crippen LogP contribution in [0.5, 0.6) is 0 Å². The largest absolute Gasteiger partial charge is 0.481 e. The van der Waals surface area contributed by atoms with Gasteiger partial charge in [0.1, 0.15) is 0 Å². The van der Waals surface area contributed by atoms with Gasteiger partial charge in [0, 0.05) is 19.2 Å². The molecule has 0 radical (unpaired) electrons. The van der Waals surface area contributed by atoms with E-state index in [1.807, 2.05) is 12.1 Å². The molecule has 1 amide bonds. The molecule has 0 saturated carbocycles. The van der Waals surface area contributed by atoms with Crippen molar-refractivity contribution in [3.8, 4) is 0 Å². The Morgan fingerprint density at radius 1 is 1.35 bits per heavy atom. The standard InChI is InChI=1S/C15H21NO4/c1-4-15(2,14(18)19)10-16-13(17)12-8-6-5-7-11(12)9-20-3/h5-8H,4,9-10H2,1-3H3,(H,16,17)(H,18,19). The van der Waals surface area contributed by atoms with Crippen molar-refractivity contribution in [3.63, 3.8) is 0 Å². The van der Waals surface area contributed by atoms with Gasteiger partial charge in [-0.1, -0.05) is 25.1 Å². The average molecular weight is 279 g/mol. The molecule has 0 fully saturated rings. The zero-order valence-corrected chi connectivity index (χ0v) is 12.1. The van der Waals surface area contributed by atoms with Crippen LogP contribution in [0.1, 0.15) is 36.2 Å². The van der Waals surface area contributed by atoms with Crippen molar-refractivity contribution in [2.45, 2.75) is 26.9 Å². The first-order valence-electron chi connectivity index (χ1n) is 6.53. The van der Waals surface area contributed by atoms with Crippen molar-refractivity contribution in [2.75, 3.05) is 13.7 Å². The highest BCUT2D eigenvalue weighted by Crippen LogP contribution is 2.20. The first-order chi connectivity index (χ1) is 9.44. The highest BCUT2D eigenvalue weighted by Gasteiger charge is 2.31. The van der Waals surface area contributed by atoms with Gasteiger partial charge in [-0.05, 0) is 25.0 Å². The summed E-state index contributed by atoms with van der Waals surface area (Å²) in [5, 5.41) is 11.9. The minimum atomic E-state index is -0.953. The van der Waals surface area contributed by atoms with Gasteiger partial charge in [0.05, 0.1) is 12.0 Å². The lowest BCUT2D eigenvalue weighted by Crippen LogP contribution is -2.40. The number of benzene rings is 1. The van der Waals surface area contributed by atoms with Gasteiger partial charge < -0.3 is 15.2 Å². The molecular formula is C15H21NO4. The molecule has 20 heavy (non-hydrogen) atoms. The third-order valence-corrected chi connectivity index (χ3v) is 3.50. The highest BCUT2D eigenvalue weighted by molar-refractivity contribution is 5.96. The number of carboxylic acids is 1. The SMILES string of the molecule is CCC(C)(CNC(=O)c1ccccc1COC)C(=O)O. The van der Waals surface area contributed by atoms with Gasteiger partial charge in [0.25, 0.3) is 5.91 Å². The van der Waals surface area contributed by atoms with E-state index in [9.17, 15) is 14.7 Å². The van der Waals surface area contributed by atoms with Gasteiger partial charge in [0.15, 0.2) is 0 Å². The van der Waals surface area contributed by atoms with Crippen molar-refractivity contribution in [2.24, 2.45) is 5.41 Å². The van der Waals surface area contributed by atoms with E-state index in [0.29, 0.717) is 18.6 Å². The number of ether oxygens (including phenoxy) is 1. The number of carboxylic acid groups (broad SMARTS) is 1. The normalized spacial score (nSPS) is 13.6. The number of amides is 1. The number of carbonyl (C=O) groups is 2. The predicted molar refractivity (Wildman–Crippen MR) is 75.5 cm³/mol. The molecule has 0 spiro atoms. The number of hydrogen-bond acceptors (Lipinski definition) is 3. The lowest BCUT2D eigenvalue weighted by atomic mass is 9.87. The molecule has 1 aromatic rings. The Labute approximate surface area is 118 Å². The summed E-state index contributed by atoms with van der Waals surface area (Å²) in [5.41, 5.74) is 0.338. The molecule has 5 heteroatoms. The zero-order valence-electron chi connectivity index (χ0n) is 12.1. The Bertz CT molecular complexity index is 487. The summed E-state index contributed by atoms with van der Waals surface area (Å²) < 4.78 is 5.05. The Morgan fingerprint density at radius 3 is 2.55 bits per heavy atom. The third-order valence-electron chi connectivity index (χ3n) is 3.50. The van der Waals surface area contributed by atoms with E-state index in [-0.39, 0.29) is 12.5 Å². The van der Waals surface area contributed by atoms with Crippen LogP contribution in [-0.2, 0) is 16.1 Å². The first-order valence-corrected chi connectivity index (χ1v) is 6.53. The minimum Gasteiger partial charge on any atom is -0.481 e. The summed E-state index contributed by atoms with van der Waals surface area (Å²) in [7, 11) is 1.56. The molecule has 0 saturated heterocycles. The smallest absolute Gasteiger partial charge is 0.311 e. The molecule has 0 aliphatic heterocycles. The van der Waals surface area contributed by atoms with Gasteiger partial charge in [0.2, 0.25) is 0 Å². The van der Waals surface area contributed by atoms with Crippen LogP contribution in [0.3, 0.4) is 0 Å². The fourth-order valence-electron chi connectivity index (χ4n) is 1.75. The summed E-state index contributed by atoms with van der Waals surface area (Å²) in [4.78, 5) is 23.4. The molecule has 0 aliphatic carbocycles. The maximum atomic E-state index is 12.2. The quantitative estimate of drug-likeness (QED) is 0.801. The molecule has 110 valence electrons. The summed E-state index contributed by atoms with van der Waals surface area (Å²) in [6.07, 6.45) is 0.447. The van der Waals surface area contributed by atoms with E-state index >= 15 is 0 Å². The van der Waals surface area contributed by atoms with E-state index in [2.05, 4.69) is 5.32 Å². The fourth-order valence-corrected chi connectivity index (χ4v) is 1.75.